The average Bonchev–Trinajstić information content (AvgIpc) is 2.65. The molecule has 2 heterocycles. The van der Waals surface area contributed by atoms with Crippen molar-refractivity contribution < 1.29 is 5.11 Å². The standard InChI is InChI=1S/C11H19N3O/c1-13-9-12-6-11(13)7-14-5-3-2-4-10(14)8-15/h6,9-10,15H,2-5,7-8H2,1H3. The van der Waals surface area contributed by atoms with E-state index in [9.17, 15) is 5.11 Å². The Bertz CT molecular complexity index is 311. The summed E-state index contributed by atoms with van der Waals surface area (Å²) in [6.07, 6.45) is 7.34. The van der Waals surface area contributed by atoms with Gasteiger partial charge in [0, 0.05) is 25.8 Å². The molecule has 0 radical (unpaired) electrons. The first-order valence-corrected chi connectivity index (χ1v) is 5.61. The number of aryl methyl sites for hydroxylation is 1. The highest BCUT2D eigenvalue weighted by Gasteiger charge is 2.22. The van der Waals surface area contributed by atoms with Crippen molar-refractivity contribution in [3.05, 3.63) is 18.2 Å². The molecule has 1 saturated heterocycles. The molecule has 15 heavy (non-hydrogen) atoms. The SMILES string of the molecule is Cn1cncc1CN1CCCCC1CO. The molecule has 1 N–H and O–H groups in total. The third-order valence-electron chi connectivity index (χ3n) is 3.24. The van der Waals surface area contributed by atoms with E-state index in [1.165, 1.54) is 18.5 Å². The van der Waals surface area contributed by atoms with Gasteiger partial charge >= 0.3 is 0 Å². The Kier molecular flexibility index (Phi) is 3.38. The number of imidazole rings is 1. The zero-order valence-corrected chi connectivity index (χ0v) is 9.26. The summed E-state index contributed by atoms with van der Waals surface area (Å²) in [7, 11) is 2.01. The van der Waals surface area contributed by atoms with E-state index in [0.717, 1.165) is 19.5 Å². The van der Waals surface area contributed by atoms with Crippen molar-refractivity contribution in [2.75, 3.05) is 13.2 Å². The number of nitrogens with zero attached hydrogens (tertiary/aromatic N) is 3. The highest BCUT2D eigenvalue weighted by atomic mass is 16.3. The molecule has 1 fully saturated rings. The normalized spacial score (nSPS) is 23.2. The highest BCUT2D eigenvalue weighted by molar-refractivity contribution is 4.98. The smallest absolute Gasteiger partial charge is 0.0945 e. The zero-order valence-electron chi connectivity index (χ0n) is 9.26. The van der Waals surface area contributed by atoms with E-state index >= 15 is 0 Å². The van der Waals surface area contributed by atoms with Gasteiger partial charge in [0.05, 0.1) is 18.6 Å². The minimum atomic E-state index is 0.276. The summed E-state index contributed by atoms with van der Waals surface area (Å²) in [6, 6.07) is 0.341. The Hall–Kier alpha value is -0.870. The summed E-state index contributed by atoms with van der Waals surface area (Å²) in [4.78, 5) is 6.47. The first kappa shape index (κ1) is 10.6. The number of aliphatic hydroxyl groups excluding tert-OH is 1. The fourth-order valence-corrected chi connectivity index (χ4v) is 2.22. The minimum absolute atomic E-state index is 0.276. The van der Waals surface area contributed by atoms with Crippen LogP contribution in [0.2, 0.25) is 0 Å². The van der Waals surface area contributed by atoms with Crippen LogP contribution < -0.4 is 0 Å². The number of likely N-dealkylation sites (tertiary alicyclic amines) is 1. The van der Waals surface area contributed by atoms with Crippen LogP contribution in [0.15, 0.2) is 12.5 Å². The quantitative estimate of drug-likeness (QED) is 0.799. The summed E-state index contributed by atoms with van der Waals surface area (Å²) < 4.78 is 2.04. The van der Waals surface area contributed by atoms with Crippen molar-refractivity contribution >= 4 is 0 Å². The van der Waals surface area contributed by atoms with Crippen LogP contribution in [0, 0.1) is 0 Å². The van der Waals surface area contributed by atoms with Gasteiger partial charge in [-0.2, -0.15) is 0 Å². The summed E-state index contributed by atoms with van der Waals surface area (Å²) in [5.41, 5.74) is 1.22. The Labute approximate surface area is 90.5 Å². The van der Waals surface area contributed by atoms with Crippen LogP contribution in [0.1, 0.15) is 25.0 Å². The third kappa shape index (κ3) is 2.38. The molecule has 2 rings (SSSR count). The molecule has 0 amide bonds. The topological polar surface area (TPSA) is 41.3 Å². The molecule has 1 aromatic heterocycles. The maximum Gasteiger partial charge on any atom is 0.0945 e. The molecule has 84 valence electrons. The first-order chi connectivity index (χ1) is 7.31. The molecule has 0 saturated carbocycles. The van der Waals surface area contributed by atoms with Crippen LogP contribution in [0.3, 0.4) is 0 Å². The molecule has 0 aliphatic carbocycles. The summed E-state index contributed by atoms with van der Waals surface area (Å²) >= 11 is 0. The van der Waals surface area contributed by atoms with Gasteiger partial charge in [-0.05, 0) is 19.4 Å². The average molecular weight is 209 g/mol. The van der Waals surface area contributed by atoms with Gasteiger partial charge in [-0.3, -0.25) is 4.90 Å². The van der Waals surface area contributed by atoms with Crippen molar-refractivity contribution in [2.45, 2.75) is 31.8 Å². The van der Waals surface area contributed by atoms with E-state index in [2.05, 4.69) is 9.88 Å². The molecular formula is C11H19N3O. The van der Waals surface area contributed by atoms with Crippen molar-refractivity contribution in [2.24, 2.45) is 7.05 Å². The fraction of sp³-hybridized carbons (Fsp3) is 0.727. The van der Waals surface area contributed by atoms with E-state index in [-0.39, 0.29) is 6.61 Å². The van der Waals surface area contributed by atoms with Gasteiger partial charge in [0.15, 0.2) is 0 Å². The molecular weight excluding hydrogens is 190 g/mol. The Morgan fingerprint density at radius 1 is 1.53 bits per heavy atom. The molecule has 4 nitrogen and oxygen atoms in total. The fourth-order valence-electron chi connectivity index (χ4n) is 2.22. The number of piperidine rings is 1. The summed E-state index contributed by atoms with van der Waals surface area (Å²) in [5, 5.41) is 9.30. The Morgan fingerprint density at radius 2 is 2.40 bits per heavy atom. The molecule has 0 aromatic carbocycles. The second-order valence-corrected chi connectivity index (χ2v) is 4.30. The van der Waals surface area contributed by atoms with E-state index in [0.29, 0.717) is 6.04 Å². The lowest BCUT2D eigenvalue weighted by Crippen LogP contribution is -2.41. The lowest BCUT2D eigenvalue weighted by molar-refractivity contribution is 0.0823. The maximum atomic E-state index is 9.30. The van der Waals surface area contributed by atoms with Crippen molar-refractivity contribution in [3.8, 4) is 0 Å². The lowest BCUT2D eigenvalue weighted by atomic mass is 10.0. The summed E-state index contributed by atoms with van der Waals surface area (Å²) in [6.45, 7) is 2.27. The van der Waals surface area contributed by atoms with Gasteiger partial charge in [0.2, 0.25) is 0 Å². The van der Waals surface area contributed by atoms with Gasteiger partial charge in [-0.25, -0.2) is 4.98 Å². The van der Waals surface area contributed by atoms with E-state index in [1.807, 2.05) is 24.1 Å². The van der Waals surface area contributed by atoms with Gasteiger partial charge < -0.3 is 9.67 Å². The molecule has 1 unspecified atom stereocenters. The Morgan fingerprint density at radius 3 is 3.07 bits per heavy atom. The Balaban J connectivity index is 2.00. The highest BCUT2D eigenvalue weighted by Crippen LogP contribution is 2.18. The molecule has 0 spiro atoms. The molecule has 1 aliphatic rings. The van der Waals surface area contributed by atoms with E-state index in [1.54, 1.807) is 0 Å². The number of hydrogen-bond acceptors (Lipinski definition) is 3. The third-order valence-corrected chi connectivity index (χ3v) is 3.24. The molecule has 0 bridgehead atoms. The molecule has 1 aliphatic heterocycles. The monoisotopic (exact) mass is 209 g/mol. The van der Waals surface area contributed by atoms with Crippen LogP contribution in [-0.2, 0) is 13.6 Å². The van der Waals surface area contributed by atoms with Crippen LogP contribution in [-0.4, -0.2) is 38.8 Å². The van der Waals surface area contributed by atoms with Crippen LogP contribution in [0.25, 0.3) is 0 Å². The van der Waals surface area contributed by atoms with Crippen LogP contribution in [0.5, 0.6) is 0 Å². The first-order valence-electron chi connectivity index (χ1n) is 5.61. The lowest BCUT2D eigenvalue weighted by Gasteiger charge is -2.34. The second-order valence-electron chi connectivity index (χ2n) is 4.30. The van der Waals surface area contributed by atoms with Gasteiger partial charge in [-0.15, -0.1) is 0 Å². The maximum absolute atomic E-state index is 9.30. The van der Waals surface area contributed by atoms with Crippen molar-refractivity contribution in [1.82, 2.24) is 14.5 Å². The summed E-state index contributed by atoms with van der Waals surface area (Å²) in [5.74, 6) is 0. The largest absolute Gasteiger partial charge is 0.395 e. The van der Waals surface area contributed by atoms with Crippen molar-refractivity contribution in [1.29, 1.82) is 0 Å². The minimum Gasteiger partial charge on any atom is -0.395 e. The molecule has 1 aromatic rings. The number of hydrogen-bond donors (Lipinski definition) is 1. The molecule has 4 heteroatoms. The number of aromatic nitrogens is 2. The van der Waals surface area contributed by atoms with Crippen molar-refractivity contribution in [3.63, 3.8) is 0 Å². The molecule has 1 atom stereocenters. The van der Waals surface area contributed by atoms with E-state index < -0.39 is 0 Å². The number of aliphatic hydroxyl groups is 1. The predicted molar refractivity (Wildman–Crippen MR) is 58.3 cm³/mol. The predicted octanol–water partition coefficient (Wildman–Crippen LogP) is 0.767. The van der Waals surface area contributed by atoms with Gasteiger partial charge in [-0.1, -0.05) is 6.42 Å². The zero-order chi connectivity index (χ0) is 10.7. The van der Waals surface area contributed by atoms with E-state index in [4.69, 9.17) is 0 Å². The van der Waals surface area contributed by atoms with Crippen LogP contribution >= 0.6 is 0 Å². The second kappa shape index (κ2) is 4.77. The van der Waals surface area contributed by atoms with Crippen LogP contribution in [0.4, 0.5) is 0 Å². The van der Waals surface area contributed by atoms with Gasteiger partial charge in [0.1, 0.15) is 0 Å². The number of rotatable bonds is 3. The van der Waals surface area contributed by atoms with Gasteiger partial charge in [0.25, 0.3) is 0 Å².